The first-order valence-electron chi connectivity index (χ1n) is 11.1. The van der Waals surface area contributed by atoms with Crippen molar-refractivity contribution in [3.05, 3.63) is 48.0 Å². The standard InChI is InChI=1S/C24H41N5.HI/c1-6-25-24(27-23-13-16-29(17-14-23)18-20(2)3)26-15-12-21(4)28(5)19-22-10-8-7-9-11-22;/h7-11,21,23H,2,6,12-19H2,1,3-5H3,(H2,25,26,27);1H. The Morgan fingerprint density at radius 2 is 1.93 bits per heavy atom. The van der Waals surface area contributed by atoms with E-state index in [0.29, 0.717) is 12.1 Å². The number of aliphatic imine (C=N–C) groups is 1. The molecule has 0 amide bonds. The summed E-state index contributed by atoms with van der Waals surface area (Å²) in [6.45, 7) is 16.6. The van der Waals surface area contributed by atoms with E-state index in [1.54, 1.807) is 0 Å². The molecular weight excluding hydrogens is 485 g/mol. The van der Waals surface area contributed by atoms with E-state index in [1.165, 1.54) is 11.1 Å². The molecule has 5 nitrogen and oxygen atoms in total. The van der Waals surface area contributed by atoms with Gasteiger partial charge in [-0.15, -0.1) is 24.0 Å². The van der Waals surface area contributed by atoms with Crippen molar-refractivity contribution in [3.63, 3.8) is 0 Å². The molecule has 1 heterocycles. The predicted octanol–water partition coefficient (Wildman–Crippen LogP) is 4.11. The topological polar surface area (TPSA) is 42.9 Å². The molecule has 170 valence electrons. The van der Waals surface area contributed by atoms with Crippen LogP contribution in [0.5, 0.6) is 0 Å². The van der Waals surface area contributed by atoms with Gasteiger partial charge in [-0.3, -0.25) is 14.8 Å². The van der Waals surface area contributed by atoms with Gasteiger partial charge in [0.2, 0.25) is 0 Å². The lowest BCUT2D eigenvalue weighted by Gasteiger charge is -2.33. The predicted molar refractivity (Wildman–Crippen MR) is 141 cm³/mol. The summed E-state index contributed by atoms with van der Waals surface area (Å²) >= 11 is 0. The zero-order valence-corrected chi connectivity index (χ0v) is 21.7. The molecule has 1 aromatic carbocycles. The fraction of sp³-hybridized carbons (Fsp3) is 0.625. The number of likely N-dealkylation sites (tertiary alicyclic amines) is 1. The molecule has 1 aromatic rings. The zero-order chi connectivity index (χ0) is 21.1. The summed E-state index contributed by atoms with van der Waals surface area (Å²) < 4.78 is 0. The first-order chi connectivity index (χ1) is 14.0. The Morgan fingerprint density at radius 3 is 2.53 bits per heavy atom. The number of nitrogens with one attached hydrogen (secondary N) is 2. The van der Waals surface area contributed by atoms with Gasteiger partial charge in [0.15, 0.2) is 5.96 Å². The summed E-state index contributed by atoms with van der Waals surface area (Å²) in [7, 11) is 2.20. The van der Waals surface area contributed by atoms with Gasteiger partial charge in [0.1, 0.15) is 0 Å². The number of guanidine groups is 1. The van der Waals surface area contributed by atoms with E-state index in [-0.39, 0.29) is 24.0 Å². The van der Waals surface area contributed by atoms with E-state index in [0.717, 1.165) is 64.5 Å². The zero-order valence-electron chi connectivity index (χ0n) is 19.4. The number of nitrogens with zero attached hydrogens (tertiary/aromatic N) is 3. The average Bonchev–Trinajstić information content (AvgIpc) is 2.70. The molecule has 1 fully saturated rings. The summed E-state index contributed by atoms with van der Waals surface area (Å²) in [5.41, 5.74) is 2.61. The van der Waals surface area contributed by atoms with E-state index in [9.17, 15) is 0 Å². The molecule has 1 aliphatic rings. The molecule has 1 aliphatic heterocycles. The highest BCUT2D eigenvalue weighted by atomic mass is 127. The Morgan fingerprint density at radius 1 is 1.27 bits per heavy atom. The maximum atomic E-state index is 4.84. The second kappa shape index (κ2) is 14.8. The van der Waals surface area contributed by atoms with Gasteiger partial charge in [0.05, 0.1) is 0 Å². The fourth-order valence-electron chi connectivity index (χ4n) is 3.74. The first-order valence-corrected chi connectivity index (χ1v) is 11.1. The summed E-state index contributed by atoms with van der Waals surface area (Å²) in [5.74, 6) is 0.962. The van der Waals surface area contributed by atoms with Crippen LogP contribution in [0.1, 0.15) is 45.6 Å². The largest absolute Gasteiger partial charge is 0.357 e. The first kappa shape index (κ1) is 26.9. The smallest absolute Gasteiger partial charge is 0.191 e. The second-order valence-corrected chi connectivity index (χ2v) is 8.45. The third kappa shape index (κ3) is 10.3. The molecule has 0 bridgehead atoms. The van der Waals surface area contributed by atoms with Crippen molar-refractivity contribution in [1.82, 2.24) is 20.4 Å². The summed E-state index contributed by atoms with van der Waals surface area (Å²) in [6, 6.07) is 11.7. The Kier molecular flexibility index (Phi) is 13.3. The fourth-order valence-corrected chi connectivity index (χ4v) is 3.74. The van der Waals surface area contributed by atoms with Crippen molar-refractivity contribution >= 4 is 29.9 Å². The molecule has 1 atom stereocenters. The molecule has 6 heteroatoms. The van der Waals surface area contributed by atoms with E-state index in [2.05, 4.69) is 85.2 Å². The number of piperidine rings is 1. The van der Waals surface area contributed by atoms with Gasteiger partial charge in [-0.2, -0.15) is 0 Å². The monoisotopic (exact) mass is 527 g/mol. The molecule has 0 aromatic heterocycles. The third-order valence-electron chi connectivity index (χ3n) is 5.61. The molecule has 0 radical (unpaired) electrons. The Labute approximate surface area is 201 Å². The van der Waals surface area contributed by atoms with Gasteiger partial charge < -0.3 is 10.6 Å². The van der Waals surface area contributed by atoms with Crippen LogP contribution >= 0.6 is 24.0 Å². The number of hydrogen-bond acceptors (Lipinski definition) is 3. The lowest BCUT2D eigenvalue weighted by atomic mass is 10.0. The van der Waals surface area contributed by atoms with Crippen LogP contribution in [0, 0.1) is 0 Å². The molecule has 0 saturated carbocycles. The molecule has 1 saturated heterocycles. The van der Waals surface area contributed by atoms with E-state index in [1.807, 2.05) is 0 Å². The highest BCUT2D eigenvalue weighted by Crippen LogP contribution is 2.12. The minimum atomic E-state index is 0. The average molecular weight is 528 g/mol. The number of rotatable bonds is 10. The van der Waals surface area contributed by atoms with Crippen LogP contribution in [0.15, 0.2) is 47.5 Å². The van der Waals surface area contributed by atoms with Crippen molar-refractivity contribution in [2.75, 3.05) is 39.8 Å². The number of hydrogen-bond donors (Lipinski definition) is 2. The van der Waals surface area contributed by atoms with Crippen LogP contribution < -0.4 is 10.6 Å². The third-order valence-corrected chi connectivity index (χ3v) is 5.61. The number of benzene rings is 1. The highest BCUT2D eigenvalue weighted by Gasteiger charge is 2.19. The SMILES string of the molecule is C=C(C)CN1CCC(NC(=NCCC(C)N(C)Cc2ccccc2)NCC)CC1.I. The minimum absolute atomic E-state index is 0. The van der Waals surface area contributed by atoms with Gasteiger partial charge in [-0.05, 0) is 52.6 Å². The highest BCUT2D eigenvalue weighted by molar-refractivity contribution is 14.0. The van der Waals surface area contributed by atoms with Crippen LogP contribution in [0.4, 0.5) is 0 Å². The normalized spacial score (nSPS) is 16.8. The van der Waals surface area contributed by atoms with Gasteiger partial charge in [-0.25, -0.2) is 0 Å². The lowest BCUT2D eigenvalue weighted by molar-refractivity contribution is 0.221. The Hall–Kier alpha value is -1.12. The van der Waals surface area contributed by atoms with E-state index >= 15 is 0 Å². The van der Waals surface area contributed by atoms with Crippen LogP contribution in [-0.4, -0.2) is 67.6 Å². The van der Waals surface area contributed by atoms with E-state index in [4.69, 9.17) is 4.99 Å². The molecule has 2 N–H and O–H groups in total. The summed E-state index contributed by atoms with van der Waals surface area (Å²) in [4.78, 5) is 9.74. The van der Waals surface area contributed by atoms with Crippen molar-refractivity contribution in [2.24, 2.45) is 4.99 Å². The number of halogens is 1. The van der Waals surface area contributed by atoms with Crippen molar-refractivity contribution in [1.29, 1.82) is 0 Å². The minimum Gasteiger partial charge on any atom is -0.357 e. The lowest BCUT2D eigenvalue weighted by Crippen LogP contribution is -2.49. The van der Waals surface area contributed by atoms with Crippen LogP contribution in [0.2, 0.25) is 0 Å². The van der Waals surface area contributed by atoms with Crippen molar-refractivity contribution in [3.8, 4) is 0 Å². The van der Waals surface area contributed by atoms with Crippen molar-refractivity contribution in [2.45, 2.75) is 58.7 Å². The van der Waals surface area contributed by atoms with Gasteiger partial charge >= 0.3 is 0 Å². The molecule has 2 rings (SSSR count). The molecule has 0 spiro atoms. The quantitative estimate of drug-likeness (QED) is 0.208. The Bertz CT molecular complexity index is 626. The van der Waals surface area contributed by atoms with Crippen LogP contribution in [-0.2, 0) is 6.54 Å². The van der Waals surface area contributed by atoms with Gasteiger partial charge in [0, 0.05) is 51.4 Å². The molecule has 1 unspecified atom stereocenters. The maximum absolute atomic E-state index is 4.84. The second-order valence-electron chi connectivity index (χ2n) is 8.45. The van der Waals surface area contributed by atoms with Gasteiger partial charge in [0.25, 0.3) is 0 Å². The Balaban J connectivity index is 0.00000450. The van der Waals surface area contributed by atoms with Crippen molar-refractivity contribution < 1.29 is 0 Å². The maximum Gasteiger partial charge on any atom is 0.191 e. The van der Waals surface area contributed by atoms with Crippen LogP contribution in [0.3, 0.4) is 0 Å². The summed E-state index contributed by atoms with van der Waals surface area (Å²) in [5, 5.41) is 7.06. The molecular formula is C24H42IN5. The van der Waals surface area contributed by atoms with E-state index < -0.39 is 0 Å². The van der Waals surface area contributed by atoms with Gasteiger partial charge in [-0.1, -0.05) is 42.5 Å². The molecule has 0 aliphatic carbocycles. The van der Waals surface area contributed by atoms with Crippen LogP contribution in [0.25, 0.3) is 0 Å². The molecule has 30 heavy (non-hydrogen) atoms. The summed E-state index contributed by atoms with van der Waals surface area (Å²) in [6.07, 6.45) is 3.37.